The van der Waals surface area contributed by atoms with E-state index >= 15 is 0 Å². The van der Waals surface area contributed by atoms with Gasteiger partial charge < -0.3 is 24.4 Å². The minimum atomic E-state index is -0.422. The van der Waals surface area contributed by atoms with E-state index in [2.05, 4.69) is 5.32 Å². The van der Waals surface area contributed by atoms with Crippen molar-refractivity contribution in [2.45, 2.75) is 26.3 Å². The number of benzene rings is 2. The van der Waals surface area contributed by atoms with E-state index in [1.165, 1.54) is 0 Å². The van der Waals surface area contributed by atoms with Gasteiger partial charge in [-0.2, -0.15) is 0 Å². The van der Waals surface area contributed by atoms with Crippen molar-refractivity contribution >= 4 is 17.5 Å². The minimum absolute atomic E-state index is 0.104. The average molecular weight is 412 g/mol. The van der Waals surface area contributed by atoms with Crippen molar-refractivity contribution in [2.75, 3.05) is 32.3 Å². The van der Waals surface area contributed by atoms with Gasteiger partial charge in [0.15, 0.2) is 0 Å². The fourth-order valence-corrected chi connectivity index (χ4v) is 3.56. The highest BCUT2D eigenvalue weighted by molar-refractivity contribution is 6.01. The van der Waals surface area contributed by atoms with Crippen LogP contribution in [0.3, 0.4) is 0 Å². The molecule has 0 bridgehead atoms. The standard InChI is InChI=1S/C23H28N2O5/c1-5-30-18-8-6-16(7-9-18)15(2)24-23(27)17-12-22(26)25(14-17)20-11-10-19(28-3)13-21(20)29-4/h6-11,13,15,17H,5,12,14H2,1-4H3,(H,24,27). The molecule has 30 heavy (non-hydrogen) atoms. The summed E-state index contributed by atoms with van der Waals surface area (Å²) in [4.78, 5) is 27.0. The largest absolute Gasteiger partial charge is 0.497 e. The summed E-state index contributed by atoms with van der Waals surface area (Å²) in [6.45, 7) is 4.78. The highest BCUT2D eigenvalue weighted by Crippen LogP contribution is 2.36. The Morgan fingerprint density at radius 1 is 1.13 bits per heavy atom. The number of rotatable bonds is 8. The van der Waals surface area contributed by atoms with Gasteiger partial charge in [-0.15, -0.1) is 0 Å². The van der Waals surface area contributed by atoms with Gasteiger partial charge in [0.05, 0.1) is 38.5 Å². The van der Waals surface area contributed by atoms with Crippen molar-refractivity contribution < 1.29 is 23.8 Å². The molecule has 0 aromatic heterocycles. The summed E-state index contributed by atoms with van der Waals surface area (Å²) in [5, 5.41) is 3.02. The molecule has 3 rings (SSSR count). The van der Waals surface area contributed by atoms with E-state index in [0.29, 0.717) is 30.3 Å². The van der Waals surface area contributed by atoms with Crippen LogP contribution in [-0.4, -0.2) is 39.2 Å². The molecule has 1 fully saturated rings. The molecule has 1 aliphatic heterocycles. The van der Waals surface area contributed by atoms with Gasteiger partial charge in [-0.05, 0) is 43.7 Å². The summed E-state index contributed by atoms with van der Waals surface area (Å²) >= 11 is 0. The molecule has 0 spiro atoms. The van der Waals surface area contributed by atoms with Crippen molar-refractivity contribution in [2.24, 2.45) is 5.92 Å². The molecule has 2 amide bonds. The first kappa shape index (κ1) is 21.5. The maximum Gasteiger partial charge on any atom is 0.227 e. The van der Waals surface area contributed by atoms with Crippen LogP contribution >= 0.6 is 0 Å². The lowest BCUT2D eigenvalue weighted by molar-refractivity contribution is -0.126. The van der Waals surface area contributed by atoms with Gasteiger partial charge in [-0.1, -0.05) is 12.1 Å². The van der Waals surface area contributed by atoms with Crippen LogP contribution in [0.1, 0.15) is 31.9 Å². The Kier molecular flexibility index (Phi) is 6.82. The van der Waals surface area contributed by atoms with E-state index in [4.69, 9.17) is 14.2 Å². The topological polar surface area (TPSA) is 77.1 Å². The molecule has 2 unspecified atom stereocenters. The summed E-state index contributed by atoms with van der Waals surface area (Å²) < 4.78 is 16.1. The summed E-state index contributed by atoms with van der Waals surface area (Å²) in [5.41, 5.74) is 1.61. The molecule has 7 heteroatoms. The first-order valence-corrected chi connectivity index (χ1v) is 10.0. The fourth-order valence-electron chi connectivity index (χ4n) is 3.56. The van der Waals surface area contributed by atoms with Crippen LogP contribution in [0.2, 0.25) is 0 Å². The molecule has 0 radical (unpaired) electrons. The Morgan fingerprint density at radius 2 is 1.83 bits per heavy atom. The Balaban J connectivity index is 1.66. The van der Waals surface area contributed by atoms with Crippen molar-refractivity contribution in [3.63, 3.8) is 0 Å². The zero-order valence-corrected chi connectivity index (χ0v) is 17.8. The number of ether oxygens (including phenoxy) is 3. The number of carbonyl (C=O) groups excluding carboxylic acids is 2. The quantitative estimate of drug-likeness (QED) is 0.720. The molecular formula is C23H28N2O5. The lowest BCUT2D eigenvalue weighted by atomic mass is 10.0. The number of nitrogens with one attached hydrogen (secondary N) is 1. The molecular weight excluding hydrogens is 384 g/mol. The van der Waals surface area contributed by atoms with Gasteiger partial charge >= 0.3 is 0 Å². The summed E-state index contributed by atoms with van der Waals surface area (Å²) in [6.07, 6.45) is 0.164. The Labute approximate surface area is 176 Å². The molecule has 2 aromatic rings. The van der Waals surface area contributed by atoms with Crippen LogP contribution in [0.15, 0.2) is 42.5 Å². The predicted molar refractivity (Wildman–Crippen MR) is 114 cm³/mol. The summed E-state index contributed by atoms with van der Waals surface area (Å²) in [7, 11) is 3.11. The minimum Gasteiger partial charge on any atom is -0.497 e. The third-order valence-corrected chi connectivity index (χ3v) is 5.22. The molecule has 0 saturated carbocycles. The molecule has 7 nitrogen and oxygen atoms in total. The van der Waals surface area contributed by atoms with Crippen molar-refractivity contribution in [1.82, 2.24) is 5.32 Å². The zero-order chi connectivity index (χ0) is 21.7. The predicted octanol–water partition coefficient (Wildman–Crippen LogP) is 3.33. The molecule has 2 atom stereocenters. The van der Waals surface area contributed by atoms with Crippen LogP contribution in [0, 0.1) is 5.92 Å². The number of nitrogens with zero attached hydrogens (tertiary/aromatic N) is 1. The van der Waals surface area contributed by atoms with Crippen LogP contribution in [0.25, 0.3) is 0 Å². The average Bonchev–Trinajstić information content (AvgIpc) is 3.15. The maximum absolute atomic E-state index is 12.8. The monoisotopic (exact) mass is 412 g/mol. The molecule has 1 heterocycles. The first-order valence-electron chi connectivity index (χ1n) is 10.0. The number of methoxy groups -OCH3 is 2. The Hall–Kier alpha value is -3.22. The van der Waals surface area contributed by atoms with E-state index in [9.17, 15) is 9.59 Å². The van der Waals surface area contributed by atoms with Gasteiger partial charge in [0.1, 0.15) is 17.2 Å². The van der Waals surface area contributed by atoms with E-state index < -0.39 is 5.92 Å². The van der Waals surface area contributed by atoms with Gasteiger partial charge in [0.25, 0.3) is 0 Å². The van der Waals surface area contributed by atoms with Crippen LogP contribution in [-0.2, 0) is 9.59 Å². The third kappa shape index (κ3) is 4.67. The summed E-state index contributed by atoms with van der Waals surface area (Å²) in [5.74, 6) is 1.30. The van der Waals surface area contributed by atoms with E-state index in [0.717, 1.165) is 11.3 Å². The van der Waals surface area contributed by atoms with E-state index in [1.807, 2.05) is 38.1 Å². The normalized spacial score (nSPS) is 16.9. The number of amides is 2. The fraction of sp³-hybridized carbons (Fsp3) is 0.391. The lowest BCUT2D eigenvalue weighted by Gasteiger charge is -2.21. The van der Waals surface area contributed by atoms with Gasteiger partial charge in [0, 0.05) is 19.0 Å². The SMILES string of the molecule is CCOc1ccc(C(C)NC(=O)C2CC(=O)N(c3ccc(OC)cc3OC)C2)cc1. The van der Waals surface area contributed by atoms with E-state index in [1.54, 1.807) is 37.3 Å². The van der Waals surface area contributed by atoms with Crippen LogP contribution in [0.5, 0.6) is 17.2 Å². The number of carbonyl (C=O) groups is 2. The Morgan fingerprint density at radius 3 is 2.47 bits per heavy atom. The van der Waals surface area contributed by atoms with Crippen LogP contribution < -0.4 is 24.4 Å². The molecule has 0 aliphatic carbocycles. The van der Waals surface area contributed by atoms with Crippen molar-refractivity contribution in [3.05, 3.63) is 48.0 Å². The second-order valence-electron chi connectivity index (χ2n) is 7.18. The van der Waals surface area contributed by atoms with Crippen molar-refractivity contribution in [3.8, 4) is 17.2 Å². The zero-order valence-electron chi connectivity index (χ0n) is 17.8. The van der Waals surface area contributed by atoms with Gasteiger partial charge in [-0.25, -0.2) is 0 Å². The van der Waals surface area contributed by atoms with Gasteiger partial charge in [-0.3, -0.25) is 9.59 Å². The number of hydrogen-bond donors (Lipinski definition) is 1. The van der Waals surface area contributed by atoms with Gasteiger partial charge in [0.2, 0.25) is 11.8 Å². The van der Waals surface area contributed by atoms with Crippen LogP contribution in [0.4, 0.5) is 5.69 Å². The molecule has 160 valence electrons. The number of anilines is 1. The summed E-state index contributed by atoms with van der Waals surface area (Å²) in [6, 6.07) is 12.7. The number of hydrogen-bond acceptors (Lipinski definition) is 5. The molecule has 1 aliphatic rings. The molecule has 2 aromatic carbocycles. The smallest absolute Gasteiger partial charge is 0.227 e. The lowest BCUT2D eigenvalue weighted by Crippen LogP contribution is -2.34. The maximum atomic E-state index is 12.8. The first-order chi connectivity index (χ1) is 14.5. The van der Waals surface area contributed by atoms with E-state index in [-0.39, 0.29) is 24.3 Å². The highest BCUT2D eigenvalue weighted by Gasteiger charge is 2.36. The molecule has 1 saturated heterocycles. The third-order valence-electron chi connectivity index (χ3n) is 5.22. The van der Waals surface area contributed by atoms with Crippen molar-refractivity contribution in [1.29, 1.82) is 0 Å². The molecule has 1 N–H and O–H groups in total. The Bertz CT molecular complexity index is 897. The highest BCUT2D eigenvalue weighted by atomic mass is 16.5. The second-order valence-corrected chi connectivity index (χ2v) is 7.18. The second kappa shape index (κ2) is 9.52.